The fourth-order valence-electron chi connectivity index (χ4n) is 1.84. The summed E-state index contributed by atoms with van der Waals surface area (Å²) >= 11 is 12.0. The number of rotatable bonds is 6. The molecule has 0 aliphatic heterocycles. The summed E-state index contributed by atoms with van der Waals surface area (Å²) in [4.78, 5) is 20.2. The lowest BCUT2D eigenvalue weighted by Crippen LogP contribution is -2.26. The first kappa shape index (κ1) is 17.5. The van der Waals surface area contributed by atoms with Gasteiger partial charge in [-0.1, -0.05) is 37.0 Å². The molecule has 122 valence electrons. The van der Waals surface area contributed by atoms with Gasteiger partial charge in [-0.3, -0.25) is 4.79 Å². The molecule has 0 aliphatic rings. The van der Waals surface area contributed by atoms with Gasteiger partial charge in [-0.25, -0.2) is 9.97 Å². The molecule has 23 heavy (non-hydrogen) atoms. The predicted octanol–water partition coefficient (Wildman–Crippen LogP) is 4.30. The van der Waals surface area contributed by atoms with Crippen molar-refractivity contribution in [3.05, 3.63) is 46.3 Å². The van der Waals surface area contributed by atoms with Crippen molar-refractivity contribution < 1.29 is 4.79 Å². The van der Waals surface area contributed by atoms with Crippen LogP contribution < -0.4 is 10.6 Å². The maximum atomic E-state index is 12.1. The van der Waals surface area contributed by atoms with E-state index in [9.17, 15) is 4.79 Å². The van der Waals surface area contributed by atoms with Gasteiger partial charge in [0.25, 0.3) is 5.91 Å². The van der Waals surface area contributed by atoms with Crippen molar-refractivity contribution in [2.75, 3.05) is 11.9 Å². The normalized spacial score (nSPS) is 10.7. The molecule has 0 spiro atoms. The van der Waals surface area contributed by atoms with Gasteiger partial charge in [0.2, 0.25) is 0 Å². The molecular weight excluding hydrogens is 335 g/mol. The lowest BCUT2D eigenvalue weighted by Gasteiger charge is -2.09. The Morgan fingerprint density at radius 3 is 2.70 bits per heavy atom. The quantitative estimate of drug-likeness (QED) is 0.812. The van der Waals surface area contributed by atoms with Crippen LogP contribution in [0.15, 0.2) is 30.6 Å². The van der Waals surface area contributed by atoms with Crippen LogP contribution in [0.1, 0.15) is 30.8 Å². The van der Waals surface area contributed by atoms with Crippen molar-refractivity contribution in [1.82, 2.24) is 15.3 Å². The number of nitrogens with zero attached hydrogens (tertiary/aromatic N) is 2. The lowest BCUT2D eigenvalue weighted by molar-refractivity contribution is 0.0947. The van der Waals surface area contributed by atoms with Crippen LogP contribution in [0.4, 0.5) is 11.5 Å². The second-order valence-electron chi connectivity index (χ2n) is 5.48. The molecular formula is C16H18Cl2N4O. The molecule has 0 bridgehead atoms. The number of carbonyl (C=O) groups is 1. The number of hydrogen-bond acceptors (Lipinski definition) is 4. The van der Waals surface area contributed by atoms with Crippen LogP contribution in [0.2, 0.25) is 10.0 Å². The highest BCUT2D eigenvalue weighted by molar-refractivity contribution is 6.36. The zero-order valence-electron chi connectivity index (χ0n) is 12.9. The highest BCUT2D eigenvalue weighted by Gasteiger charge is 2.09. The van der Waals surface area contributed by atoms with Gasteiger partial charge < -0.3 is 10.6 Å². The minimum absolute atomic E-state index is 0.224. The largest absolute Gasteiger partial charge is 0.351 e. The molecule has 1 aromatic carbocycles. The molecule has 0 saturated carbocycles. The molecule has 0 atom stereocenters. The smallest absolute Gasteiger partial charge is 0.270 e. The third-order valence-corrected chi connectivity index (χ3v) is 3.65. The Balaban J connectivity index is 2.06. The molecule has 0 saturated heterocycles. The van der Waals surface area contributed by atoms with Crippen LogP contribution in [0, 0.1) is 5.92 Å². The maximum Gasteiger partial charge on any atom is 0.270 e. The van der Waals surface area contributed by atoms with Crippen molar-refractivity contribution in [2.45, 2.75) is 20.3 Å². The van der Waals surface area contributed by atoms with Crippen LogP contribution in [-0.4, -0.2) is 22.4 Å². The molecule has 1 heterocycles. The number of anilines is 2. The summed E-state index contributed by atoms with van der Waals surface area (Å²) in [6.45, 7) is 4.83. The van der Waals surface area contributed by atoms with Gasteiger partial charge in [-0.2, -0.15) is 0 Å². The Labute approximate surface area is 145 Å². The van der Waals surface area contributed by atoms with Gasteiger partial charge >= 0.3 is 0 Å². The molecule has 2 N–H and O–H groups in total. The molecule has 1 aromatic heterocycles. The highest BCUT2D eigenvalue weighted by Crippen LogP contribution is 2.27. The first-order chi connectivity index (χ1) is 11.0. The Hall–Kier alpha value is -1.85. The van der Waals surface area contributed by atoms with Gasteiger partial charge in [0.1, 0.15) is 17.8 Å². The monoisotopic (exact) mass is 352 g/mol. The summed E-state index contributed by atoms with van der Waals surface area (Å²) in [7, 11) is 0. The highest BCUT2D eigenvalue weighted by atomic mass is 35.5. The minimum Gasteiger partial charge on any atom is -0.351 e. The third-order valence-electron chi connectivity index (χ3n) is 3.10. The fourth-order valence-corrected chi connectivity index (χ4v) is 2.30. The maximum absolute atomic E-state index is 12.1. The standard InChI is InChI=1S/C16H18Cl2N4O/c1-10(2)5-6-19-16(23)14-8-15(21-9-20-14)22-13-4-3-11(17)7-12(13)18/h3-4,7-10H,5-6H2,1-2H3,(H,19,23)(H,20,21,22). The average molecular weight is 353 g/mol. The Morgan fingerprint density at radius 1 is 1.22 bits per heavy atom. The van der Waals surface area contributed by atoms with Crippen LogP contribution in [0.3, 0.4) is 0 Å². The van der Waals surface area contributed by atoms with E-state index < -0.39 is 0 Å². The van der Waals surface area contributed by atoms with Crippen molar-refractivity contribution in [1.29, 1.82) is 0 Å². The number of halogens is 2. The molecule has 2 rings (SSSR count). The van der Waals surface area contributed by atoms with E-state index in [1.807, 2.05) is 0 Å². The third kappa shape index (κ3) is 5.37. The van der Waals surface area contributed by atoms with E-state index in [0.717, 1.165) is 6.42 Å². The number of nitrogens with one attached hydrogen (secondary N) is 2. The summed E-state index contributed by atoms with van der Waals surface area (Å²) in [5, 5.41) is 6.91. The molecule has 7 heteroatoms. The summed E-state index contributed by atoms with van der Waals surface area (Å²) in [5.41, 5.74) is 0.956. The topological polar surface area (TPSA) is 66.9 Å². The lowest BCUT2D eigenvalue weighted by atomic mass is 10.1. The Bertz CT molecular complexity index is 692. The van der Waals surface area contributed by atoms with Crippen molar-refractivity contribution in [3.63, 3.8) is 0 Å². The summed E-state index contributed by atoms with van der Waals surface area (Å²) in [6.07, 6.45) is 2.26. The molecule has 0 fully saturated rings. The van der Waals surface area contributed by atoms with Gasteiger partial charge in [0.15, 0.2) is 0 Å². The molecule has 5 nitrogen and oxygen atoms in total. The molecule has 0 radical (unpaired) electrons. The average Bonchev–Trinajstić information content (AvgIpc) is 2.50. The zero-order valence-corrected chi connectivity index (χ0v) is 14.4. The number of hydrogen-bond donors (Lipinski definition) is 2. The molecule has 0 aliphatic carbocycles. The van der Waals surface area contributed by atoms with E-state index in [-0.39, 0.29) is 5.91 Å². The van der Waals surface area contributed by atoms with Crippen molar-refractivity contribution in [2.24, 2.45) is 5.92 Å². The number of benzene rings is 1. The second-order valence-corrected chi connectivity index (χ2v) is 6.32. The van der Waals surface area contributed by atoms with E-state index in [2.05, 4.69) is 34.4 Å². The molecule has 2 aromatic rings. The fraction of sp³-hybridized carbons (Fsp3) is 0.312. The number of aromatic nitrogens is 2. The Morgan fingerprint density at radius 2 is 2.00 bits per heavy atom. The van der Waals surface area contributed by atoms with Crippen LogP contribution in [0.5, 0.6) is 0 Å². The molecule has 1 amide bonds. The Kier molecular flexibility index (Phi) is 6.19. The van der Waals surface area contributed by atoms with E-state index in [1.54, 1.807) is 24.3 Å². The van der Waals surface area contributed by atoms with Gasteiger partial charge in [-0.05, 0) is 30.5 Å². The zero-order chi connectivity index (χ0) is 16.8. The van der Waals surface area contributed by atoms with Crippen LogP contribution in [0.25, 0.3) is 0 Å². The summed E-state index contributed by atoms with van der Waals surface area (Å²) in [5.74, 6) is 0.793. The van der Waals surface area contributed by atoms with Gasteiger partial charge in [-0.15, -0.1) is 0 Å². The van der Waals surface area contributed by atoms with Gasteiger partial charge in [0.05, 0.1) is 10.7 Å². The number of amides is 1. The summed E-state index contributed by atoms with van der Waals surface area (Å²) < 4.78 is 0. The first-order valence-corrected chi connectivity index (χ1v) is 8.03. The van der Waals surface area contributed by atoms with E-state index in [1.165, 1.54) is 6.33 Å². The van der Waals surface area contributed by atoms with Crippen molar-refractivity contribution in [3.8, 4) is 0 Å². The van der Waals surface area contributed by atoms with Crippen LogP contribution in [-0.2, 0) is 0 Å². The van der Waals surface area contributed by atoms with Crippen molar-refractivity contribution >= 4 is 40.6 Å². The minimum atomic E-state index is -0.224. The summed E-state index contributed by atoms with van der Waals surface area (Å²) in [6, 6.07) is 6.67. The first-order valence-electron chi connectivity index (χ1n) is 7.28. The van der Waals surface area contributed by atoms with E-state index in [4.69, 9.17) is 23.2 Å². The molecule has 0 unspecified atom stereocenters. The van der Waals surface area contributed by atoms with Crippen LogP contribution >= 0.6 is 23.2 Å². The van der Waals surface area contributed by atoms with E-state index in [0.29, 0.717) is 39.7 Å². The SMILES string of the molecule is CC(C)CCNC(=O)c1cc(Nc2ccc(Cl)cc2Cl)ncn1. The number of carbonyl (C=O) groups excluding carboxylic acids is 1. The van der Waals surface area contributed by atoms with E-state index >= 15 is 0 Å². The van der Waals surface area contributed by atoms with Gasteiger partial charge in [0, 0.05) is 17.6 Å². The predicted molar refractivity (Wildman–Crippen MR) is 93.6 cm³/mol. The second kappa shape index (κ2) is 8.13.